The Bertz CT molecular complexity index is 399. The average molecular weight is 283 g/mol. The maximum Gasteiger partial charge on any atom is 0.322 e. The molecule has 0 aromatic carbocycles. The van der Waals surface area contributed by atoms with Gasteiger partial charge in [0, 0.05) is 12.6 Å². The molecule has 20 heavy (non-hydrogen) atoms. The number of rotatable bonds is 4. The van der Waals surface area contributed by atoms with Crippen LogP contribution in [-0.4, -0.2) is 53.6 Å². The van der Waals surface area contributed by atoms with Crippen LogP contribution < -0.4 is 10.6 Å². The van der Waals surface area contributed by atoms with Crippen LogP contribution in [0.4, 0.5) is 4.79 Å². The molecule has 1 heterocycles. The fraction of sp³-hybridized carbons (Fsp3) is 0.769. The maximum atomic E-state index is 12.1. The van der Waals surface area contributed by atoms with Gasteiger partial charge in [-0.2, -0.15) is 0 Å². The molecule has 1 saturated carbocycles. The highest BCUT2D eigenvalue weighted by Gasteiger charge is 2.38. The largest absolute Gasteiger partial charge is 0.480 e. The number of aliphatic carboxylic acids is 1. The van der Waals surface area contributed by atoms with E-state index in [1.165, 1.54) is 12.8 Å². The second-order valence-electron chi connectivity index (χ2n) is 5.42. The Morgan fingerprint density at radius 3 is 2.55 bits per heavy atom. The van der Waals surface area contributed by atoms with Gasteiger partial charge < -0.3 is 20.6 Å². The maximum absolute atomic E-state index is 12.1. The van der Waals surface area contributed by atoms with Gasteiger partial charge in [0.2, 0.25) is 5.91 Å². The molecule has 1 aliphatic carbocycles. The summed E-state index contributed by atoms with van der Waals surface area (Å²) in [6.45, 7) is 0.140. The van der Waals surface area contributed by atoms with Crippen molar-refractivity contribution in [1.29, 1.82) is 0 Å². The number of hydrogen-bond donors (Lipinski definition) is 3. The van der Waals surface area contributed by atoms with E-state index < -0.39 is 18.4 Å². The molecule has 0 bridgehead atoms. The van der Waals surface area contributed by atoms with Crippen LogP contribution >= 0.6 is 0 Å². The van der Waals surface area contributed by atoms with Crippen molar-refractivity contribution in [3.05, 3.63) is 0 Å². The van der Waals surface area contributed by atoms with E-state index in [2.05, 4.69) is 10.6 Å². The zero-order valence-corrected chi connectivity index (χ0v) is 11.4. The number of hydrogen-bond acceptors (Lipinski definition) is 3. The predicted molar refractivity (Wildman–Crippen MR) is 71.1 cm³/mol. The standard InChI is InChI=1S/C13H21N3O4/c17-11(14-8-12(18)19)7-15-13(20)16-6-5-9-3-1-2-4-10(9)16/h9-10H,1-8H2,(H,14,17)(H,15,20)(H,18,19). The number of nitrogens with one attached hydrogen (secondary N) is 2. The van der Waals surface area contributed by atoms with Gasteiger partial charge in [0.05, 0.1) is 6.54 Å². The second-order valence-corrected chi connectivity index (χ2v) is 5.42. The third-order valence-corrected chi connectivity index (χ3v) is 4.11. The molecule has 0 aromatic heterocycles. The van der Waals surface area contributed by atoms with Crippen molar-refractivity contribution in [3.8, 4) is 0 Å². The van der Waals surface area contributed by atoms with Crippen LogP contribution in [0.3, 0.4) is 0 Å². The monoisotopic (exact) mass is 283 g/mol. The molecule has 7 heteroatoms. The van der Waals surface area contributed by atoms with Gasteiger partial charge in [-0.15, -0.1) is 0 Å². The minimum absolute atomic E-state index is 0.181. The Hall–Kier alpha value is -1.79. The van der Waals surface area contributed by atoms with Crippen molar-refractivity contribution in [2.24, 2.45) is 5.92 Å². The van der Waals surface area contributed by atoms with Crippen molar-refractivity contribution in [2.75, 3.05) is 19.6 Å². The predicted octanol–water partition coefficient (Wildman–Crippen LogP) is 0.161. The number of carbonyl (C=O) groups excluding carboxylic acids is 2. The molecule has 2 atom stereocenters. The summed E-state index contributed by atoms with van der Waals surface area (Å²) >= 11 is 0. The third kappa shape index (κ3) is 3.61. The highest BCUT2D eigenvalue weighted by Crippen LogP contribution is 2.35. The van der Waals surface area contributed by atoms with E-state index in [-0.39, 0.29) is 12.6 Å². The highest BCUT2D eigenvalue weighted by atomic mass is 16.4. The molecular formula is C13H21N3O4. The Labute approximate surface area is 117 Å². The van der Waals surface area contributed by atoms with E-state index in [4.69, 9.17) is 5.11 Å². The van der Waals surface area contributed by atoms with Crippen LogP contribution in [0.1, 0.15) is 32.1 Å². The van der Waals surface area contributed by atoms with Gasteiger partial charge in [-0.1, -0.05) is 12.8 Å². The highest BCUT2D eigenvalue weighted by molar-refractivity contribution is 5.86. The summed E-state index contributed by atoms with van der Waals surface area (Å²) in [7, 11) is 0. The number of urea groups is 1. The van der Waals surface area contributed by atoms with E-state index in [1.807, 2.05) is 4.90 Å². The number of likely N-dealkylation sites (tertiary alicyclic amines) is 1. The lowest BCUT2D eigenvalue weighted by atomic mass is 9.85. The fourth-order valence-electron chi connectivity index (χ4n) is 3.15. The van der Waals surface area contributed by atoms with Gasteiger partial charge in [0.25, 0.3) is 0 Å². The van der Waals surface area contributed by atoms with Crippen LogP contribution in [0.2, 0.25) is 0 Å². The van der Waals surface area contributed by atoms with Gasteiger partial charge in [-0.3, -0.25) is 9.59 Å². The number of amides is 3. The summed E-state index contributed by atoms with van der Waals surface area (Å²) in [6.07, 6.45) is 5.68. The van der Waals surface area contributed by atoms with Gasteiger partial charge in [0.15, 0.2) is 0 Å². The lowest BCUT2D eigenvalue weighted by Crippen LogP contribution is -2.48. The molecule has 7 nitrogen and oxygen atoms in total. The summed E-state index contributed by atoms with van der Waals surface area (Å²) in [5.74, 6) is -0.982. The minimum atomic E-state index is -1.10. The Morgan fingerprint density at radius 2 is 1.80 bits per heavy atom. The summed E-state index contributed by atoms with van der Waals surface area (Å²) < 4.78 is 0. The molecule has 2 rings (SSSR count). The van der Waals surface area contributed by atoms with Gasteiger partial charge >= 0.3 is 12.0 Å². The molecule has 1 aliphatic heterocycles. The normalized spacial score (nSPS) is 24.9. The Morgan fingerprint density at radius 1 is 1.05 bits per heavy atom. The van der Waals surface area contributed by atoms with E-state index in [0.717, 1.165) is 25.8 Å². The topological polar surface area (TPSA) is 98.7 Å². The number of carboxylic acid groups (broad SMARTS) is 1. The molecule has 1 saturated heterocycles. The van der Waals surface area contributed by atoms with Crippen molar-refractivity contribution in [1.82, 2.24) is 15.5 Å². The molecule has 2 unspecified atom stereocenters. The van der Waals surface area contributed by atoms with Crippen molar-refractivity contribution < 1.29 is 19.5 Å². The number of carboxylic acids is 1. The van der Waals surface area contributed by atoms with Crippen LogP contribution in [0.25, 0.3) is 0 Å². The van der Waals surface area contributed by atoms with Crippen LogP contribution in [0.15, 0.2) is 0 Å². The Balaban J connectivity index is 1.74. The zero-order valence-electron chi connectivity index (χ0n) is 11.4. The SMILES string of the molecule is O=C(O)CNC(=O)CNC(=O)N1CCC2CCCCC21. The lowest BCUT2D eigenvalue weighted by molar-refractivity contribution is -0.137. The van der Waals surface area contributed by atoms with E-state index >= 15 is 0 Å². The van der Waals surface area contributed by atoms with Crippen molar-refractivity contribution in [2.45, 2.75) is 38.1 Å². The molecule has 0 spiro atoms. The molecule has 3 amide bonds. The first kappa shape index (κ1) is 14.6. The minimum Gasteiger partial charge on any atom is -0.480 e. The van der Waals surface area contributed by atoms with Gasteiger partial charge in [-0.05, 0) is 25.2 Å². The average Bonchev–Trinajstić information content (AvgIpc) is 2.86. The molecule has 0 aromatic rings. The van der Waals surface area contributed by atoms with Gasteiger partial charge in [-0.25, -0.2) is 4.79 Å². The number of nitrogens with zero attached hydrogens (tertiary/aromatic N) is 1. The van der Waals surface area contributed by atoms with E-state index in [1.54, 1.807) is 0 Å². The van der Waals surface area contributed by atoms with E-state index in [0.29, 0.717) is 12.0 Å². The number of fused-ring (bicyclic) bond motifs is 1. The fourth-order valence-corrected chi connectivity index (χ4v) is 3.15. The first-order valence-corrected chi connectivity index (χ1v) is 7.11. The first-order chi connectivity index (χ1) is 9.58. The van der Waals surface area contributed by atoms with E-state index in [9.17, 15) is 14.4 Å². The molecule has 2 aliphatic rings. The first-order valence-electron chi connectivity index (χ1n) is 7.11. The molecule has 112 valence electrons. The third-order valence-electron chi connectivity index (χ3n) is 4.11. The van der Waals surface area contributed by atoms with Crippen molar-refractivity contribution >= 4 is 17.9 Å². The summed E-state index contributed by atoms with van der Waals surface area (Å²) in [5.41, 5.74) is 0. The van der Waals surface area contributed by atoms with Gasteiger partial charge in [0.1, 0.15) is 6.54 Å². The van der Waals surface area contributed by atoms with Crippen LogP contribution in [0.5, 0.6) is 0 Å². The molecule has 0 radical (unpaired) electrons. The summed E-state index contributed by atoms with van der Waals surface area (Å²) in [6, 6.07) is 0.0932. The van der Waals surface area contributed by atoms with Crippen LogP contribution in [0, 0.1) is 5.92 Å². The summed E-state index contributed by atoms with van der Waals surface area (Å²) in [5, 5.41) is 13.2. The molecule has 3 N–H and O–H groups in total. The number of carbonyl (C=O) groups is 3. The second kappa shape index (κ2) is 6.58. The molecular weight excluding hydrogens is 262 g/mol. The zero-order chi connectivity index (χ0) is 14.5. The molecule has 2 fully saturated rings. The smallest absolute Gasteiger partial charge is 0.322 e. The van der Waals surface area contributed by atoms with Crippen molar-refractivity contribution in [3.63, 3.8) is 0 Å². The van der Waals surface area contributed by atoms with Crippen LogP contribution in [-0.2, 0) is 9.59 Å². The summed E-state index contributed by atoms with van der Waals surface area (Å²) in [4.78, 5) is 35.5. The Kier molecular flexibility index (Phi) is 4.81. The quantitative estimate of drug-likeness (QED) is 0.684. The lowest BCUT2D eigenvalue weighted by Gasteiger charge is -2.31.